The van der Waals surface area contributed by atoms with E-state index < -0.39 is 26.8 Å². The van der Waals surface area contributed by atoms with Crippen LogP contribution in [0.2, 0.25) is 0 Å². The predicted octanol–water partition coefficient (Wildman–Crippen LogP) is 0.219. The van der Waals surface area contributed by atoms with Crippen molar-refractivity contribution in [3.05, 3.63) is 24.0 Å². The third kappa shape index (κ3) is 5.07. The first-order valence-corrected chi connectivity index (χ1v) is 5.92. The molecule has 0 aliphatic carbocycles. The Labute approximate surface area is 80.9 Å². The van der Waals surface area contributed by atoms with Crippen molar-refractivity contribution in [1.82, 2.24) is 0 Å². The van der Waals surface area contributed by atoms with E-state index >= 15 is 0 Å². The van der Waals surface area contributed by atoms with Gasteiger partial charge in [-0.25, -0.2) is 8.37 Å². The zero-order valence-corrected chi connectivity index (χ0v) is 8.42. The Kier molecular flexibility index (Phi) is 4.39. The van der Waals surface area contributed by atoms with Gasteiger partial charge in [0.25, 0.3) is 20.2 Å². The topological polar surface area (TPSA) is 86.7 Å². The van der Waals surface area contributed by atoms with Crippen molar-refractivity contribution in [3.8, 4) is 0 Å². The number of hydrogen-bond acceptors (Lipinski definition) is 6. The lowest BCUT2D eigenvalue weighted by Crippen LogP contribution is -2.18. The van der Waals surface area contributed by atoms with Crippen LogP contribution in [0.25, 0.3) is 0 Å². The highest BCUT2D eigenvalue weighted by atomic mass is 32.2. The molecule has 0 atom stereocenters. The quantitative estimate of drug-likeness (QED) is 0.492. The van der Waals surface area contributed by atoms with Crippen LogP contribution in [0.4, 0.5) is 4.39 Å². The van der Waals surface area contributed by atoms with Gasteiger partial charge >= 0.3 is 6.54 Å². The molecule has 6 nitrogen and oxygen atoms in total. The SMILES string of the molecule is C=CS(=O)(=O)OC(F)OS(=O)(=O)C=C. The van der Waals surface area contributed by atoms with Gasteiger partial charge in [0, 0.05) is 0 Å². The van der Waals surface area contributed by atoms with Crippen LogP contribution in [-0.4, -0.2) is 23.4 Å². The summed E-state index contributed by atoms with van der Waals surface area (Å²) in [5, 5.41) is 0.590. The molecule has 0 unspecified atom stereocenters. The number of rotatable bonds is 6. The van der Waals surface area contributed by atoms with Crippen molar-refractivity contribution in [2.45, 2.75) is 6.54 Å². The monoisotopic (exact) mass is 246 g/mol. The molecule has 0 saturated heterocycles. The third-order valence-corrected chi connectivity index (χ3v) is 2.48. The van der Waals surface area contributed by atoms with Gasteiger partial charge in [0.05, 0.1) is 10.8 Å². The van der Waals surface area contributed by atoms with Gasteiger partial charge in [-0.05, 0) is 0 Å². The molecule has 0 heterocycles. The van der Waals surface area contributed by atoms with Crippen molar-refractivity contribution in [2.75, 3.05) is 0 Å². The normalized spacial score (nSPS) is 12.7. The van der Waals surface area contributed by atoms with Crippen molar-refractivity contribution < 1.29 is 29.6 Å². The molecule has 82 valence electrons. The molecule has 0 saturated carbocycles. The fraction of sp³-hybridized carbons (Fsp3) is 0.200. The smallest absolute Gasteiger partial charge is 0.203 e. The lowest BCUT2D eigenvalue weighted by Gasteiger charge is -2.06. The molecular formula is C5H7FO6S2. The molecule has 0 aromatic heterocycles. The molecule has 0 spiro atoms. The molecular weight excluding hydrogens is 239 g/mol. The molecule has 9 heteroatoms. The highest BCUT2D eigenvalue weighted by molar-refractivity contribution is 7.90. The summed E-state index contributed by atoms with van der Waals surface area (Å²) in [7, 11) is -8.67. The van der Waals surface area contributed by atoms with E-state index in [-0.39, 0.29) is 0 Å². The van der Waals surface area contributed by atoms with Gasteiger partial charge in [-0.3, -0.25) is 0 Å². The fourth-order valence-corrected chi connectivity index (χ4v) is 1.01. The first-order chi connectivity index (χ1) is 6.22. The van der Waals surface area contributed by atoms with Crippen LogP contribution in [0, 0.1) is 0 Å². The molecule has 0 aromatic carbocycles. The Bertz CT molecular complexity index is 368. The van der Waals surface area contributed by atoms with E-state index in [4.69, 9.17) is 0 Å². The van der Waals surface area contributed by atoms with Gasteiger partial charge in [-0.15, -0.1) is 0 Å². The second-order valence-electron chi connectivity index (χ2n) is 1.79. The summed E-state index contributed by atoms with van der Waals surface area (Å²) in [6.07, 6.45) is 0. The second kappa shape index (κ2) is 4.64. The maximum Gasteiger partial charge on any atom is 0.338 e. The highest BCUT2D eigenvalue weighted by Gasteiger charge is 2.21. The average Bonchev–Trinajstić information content (AvgIpc) is 2.02. The Morgan fingerprint density at radius 2 is 1.29 bits per heavy atom. The number of hydrogen-bond donors (Lipinski definition) is 0. The van der Waals surface area contributed by atoms with Gasteiger partial charge in [0.15, 0.2) is 0 Å². The van der Waals surface area contributed by atoms with Crippen molar-refractivity contribution in [3.63, 3.8) is 0 Å². The summed E-state index contributed by atoms with van der Waals surface area (Å²) >= 11 is 0. The van der Waals surface area contributed by atoms with E-state index in [1.165, 1.54) is 0 Å². The van der Waals surface area contributed by atoms with E-state index in [0.29, 0.717) is 10.8 Å². The Morgan fingerprint density at radius 3 is 1.50 bits per heavy atom. The summed E-state index contributed by atoms with van der Waals surface area (Å²) in [6.45, 7) is 2.64. The summed E-state index contributed by atoms with van der Waals surface area (Å²) in [6, 6.07) is 0. The van der Waals surface area contributed by atoms with E-state index in [1.54, 1.807) is 0 Å². The predicted molar refractivity (Wildman–Crippen MR) is 45.3 cm³/mol. The van der Waals surface area contributed by atoms with Crippen molar-refractivity contribution >= 4 is 20.2 Å². The number of halogens is 1. The van der Waals surface area contributed by atoms with Gasteiger partial charge < -0.3 is 0 Å². The lowest BCUT2D eigenvalue weighted by molar-refractivity contribution is -0.0872. The Hall–Kier alpha value is -0.770. The molecule has 0 radical (unpaired) electrons. The van der Waals surface area contributed by atoms with Crippen LogP contribution < -0.4 is 0 Å². The van der Waals surface area contributed by atoms with Crippen LogP contribution in [0.15, 0.2) is 24.0 Å². The minimum Gasteiger partial charge on any atom is -0.203 e. The van der Waals surface area contributed by atoms with E-state index in [1.807, 2.05) is 0 Å². The van der Waals surface area contributed by atoms with Gasteiger partial charge in [-0.2, -0.15) is 21.2 Å². The molecule has 0 aromatic rings. The highest BCUT2D eigenvalue weighted by Crippen LogP contribution is 2.08. The lowest BCUT2D eigenvalue weighted by atomic mass is 11.3. The molecule has 0 aliphatic heterocycles. The minimum absolute atomic E-state index is 0.295. The molecule has 0 N–H and O–H groups in total. The summed E-state index contributed by atoms with van der Waals surface area (Å²) in [5.41, 5.74) is 0. The fourth-order valence-electron chi connectivity index (χ4n) is 0.306. The summed E-state index contributed by atoms with van der Waals surface area (Å²) in [5.74, 6) is 0. The maximum absolute atomic E-state index is 12.5. The van der Waals surface area contributed by atoms with Crippen molar-refractivity contribution in [2.24, 2.45) is 0 Å². The zero-order chi connectivity index (χ0) is 11.4. The van der Waals surface area contributed by atoms with Crippen LogP contribution in [-0.2, 0) is 28.6 Å². The van der Waals surface area contributed by atoms with Gasteiger partial charge in [0.2, 0.25) is 0 Å². The minimum atomic E-state index is -4.33. The van der Waals surface area contributed by atoms with Crippen LogP contribution >= 0.6 is 0 Å². The molecule has 0 bridgehead atoms. The second-order valence-corrected chi connectivity index (χ2v) is 4.81. The van der Waals surface area contributed by atoms with Crippen LogP contribution in [0.5, 0.6) is 0 Å². The average molecular weight is 246 g/mol. The van der Waals surface area contributed by atoms with E-state index in [2.05, 4.69) is 21.5 Å². The van der Waals surface area contributed by atoms with Crippen molar-refractivity contribution in [1.29, 1.82) is 0 Å². The standard InChI is InChI=1S/C5H7FO6S2/c1-3-13(7,8)11-5(6)12-14(9,10)4-2/h3-5H,1-2H2. The molecule has 0 fully saturated rings. The molecule has 0 amide bonds. The van der Waals surface area contributed by atoms with Gasteiger partial charge in [-0.1, -0.05) is 13.2 Å². The first-order valence-electron chi connectivity index (χ1n) is 2.98. The molecule has 0 aliphatic rings. The van der Waals surface area contributed by atoms with Crippen LogP contribution in [0.1, 0.15) is 0 Å². The van der Waals surface area contributed by atoms with E-state index in [9.17, 15) is 21.2 Å². The number of alkyl halides is 1. The zero-order valence-electron chi connectivity index (χ0n) is 6.79. The molecule has 14 heavy (non-hydrogen) atoms. The largest absolute Gasteiger partial charge is 0.338 e. The maximum atomic E-state index is 12.5. The van der Waals surface area contributed by atoms with E-state index in [0.717, 1.165) is 0 Å². The summed E-state index contributed by atoms with van der Waals surface area (Å²) in [4.78, 5) is 0. The first kappa shape index (κ1) is 13.2. The molecule has 0 rings (SSSR count). The summed E-state index contributed by atoms with van der Waals surface area (Å²) < 4.78 is 61.6. The van der Waals surface area contributed by atoms with Gasteiger partial charge in [0.1, 0.15) is 0 Å². The third-order valence-electron chi connectivity index (χ3n) is 0.828. The Balaban J connectivity index is 4.48. The van der Waals surface area contributed by atoms with Crippen LogP contribution in [0.3, 0.4) is 0 Å². The Morgan fingerprint density at radius 1 is 1.00 bits per heavy atom.